The van der Waals surface area contributed by atoms with Crippen LogP contribution < -0.4 is 0 Å². The zero-order valence-electron chi connectivity index (χ0n) is 10.6. The highest BCUT2D eigenvalue weighted by atomic mass is 28.3. The molecule has 0 saturated carbocycles. The second-order valence-electron chi connectivity index (χ2n) is 5.31. The average Bonchev–Trinajstić information content (AvgIpc) is 2.19. The monoisotopic (exact) mass is 234 g/mol. The average molecular weight is 234 g/mol. The van der Waals surface area contributed by atoms with E-state index in [0.29, 0.717) is 13.2 Å². The normalized spacial score (nSPS) is 11.4. The van der Waals surface area contributed by atoms with Crippen molar-refractivity contribution in [3.05, 3.63) is 48.0 Å². The summed E-state index contributed by atoms with van der Waals surface area (Å²) in [6, 6.07) is 9.82. The van der Waals surface area contributed by atoms with Gasteiger partial charge < -0.3 is 4.74 Å². The molecule has 0 N–H and O–H groups in total. The van der Waals surface area contributed by atoms with Crippen molar-refractivity contribution in [1.82, 2.24) is 0 Å². The molecule has 0 heterocycles. The Morgan fingerprint density at radius 1 is 1.19 bits per heavy atom. The molecule has 0 fully saturated rings. The molecule has 0 aliphatic heterocycles. The second-order valence-corrected chi connectivity index (χ2v) is 10.8. The van der Waals surface area contributed by atoms with Gasteiger partial charge in [0.1, 0.15) is 0 Å². The molecule has 1 rings (SSSR count). The van der Waals surface area contributed by atoms with Crippen molar-refractivity contribution in [2.45, 2.75) is 32.3 Å². The number of benzene rings is 1. The summed E-state index contributed by atoms with van der Waals surface area (Å²) < 4.78 is 5.52. The quantitative estimate of drug-likeness (QED) is 0.413. The van der Waals surface area contributed by atoms with Crippen LogP contribution in [-0.2, 0) is 17.4 Å². The molecule has 1 nitrogen and oxygen atoms in total. The van der Waals surface area contributed by atoms with E-state index in [1.165, 1.54) is 17.2 Å². The molecule has 0 atom stereocenters. The Balaban J connectivity index is 2.71. The van der Waals surface area contributed by atoms with Gasteiger partial charge in [-0.05, 0) is 17.2 Å². The molecule has 88 valence electrons. The van der Waals surface area contributed by atoms with Gasteiger partial charge in [-0.15, -0.1) is 6.58 Å². The minimum Gasteiger partial charge on any atom is -0.373 e. The summed E-state index contributed by atoms with van der Waals surface area (Å²) in [5.41, 5.74) is 2.78. The first-order valence-corrected chi connectivity index (χ1v) is 9.49. The lowest BCUT2D eigenvalue weighted by atomic mass is 10.1. The van der Waals surface area contributed by atoms with E-state index >= 15 is 0 Å². The van der Waals surface area contributed by atoms with Crippen LogP contribution in [0.3, 0.4) is 0 Å². The van der Waals surface area contributed by atoms with Gasteiger partial charge in [0.25, 0.3) is 0 Å². The predicted octanol–water partition coefficient (Wildman–Crippen LogP) is 3.81. The summed E-state index contributed by atoms with van der Waals surface area (Å²) in [6.45, 7) is 12.2. The third-order valence-corrected chi connectivity index (χ3v) is 3.77. The Bertz CT molecular complexity index is 339. The van der Waals surface area contributed by atoms with Crippen molar-refractivity contribution >= 4 is 8.07 Å². The summed E-state index contributed by atoms with van der Waals surface area (Å²) in [4.78, 5) is 0. The number of rotatable bonds is 6. The minimum atomic E-state index is -1.05. The van der Waals surface area contributed by atoms with Crippen LogP contribution >= 0.6 is 0 Å². The van der Waals surface area contributed by atoms with Gasteiger partial charge in [-0.25, -0.2) is 0 Å². The van der Waals surface area contributed by atoms with E-state index in [9.17, 15) is 0 Å². The van der Waals surface area contributed by atoms with Crippen molar-refractivity contribution < 1.29 is 4.74 Å². The summed E-state index contributed by atoms with van der Waals surface area (Å²) in [7, 11) is -1.05. The number of hydrogen-bond donors (Lipinski definition) is 0. The van der Waals surface area contributed by atoms with Gasteiger partial charge in [0.2, 0.25) is 0 Å². The summed E-state index contributed by atoms with van der Waals surface area (Å²) in [5, 5.41) is 0. The van der Waals surface area contributed by atoms with E-state index in [2.05, 4.69) is 50.5 Å². The molecule has 0 aromatic heterocycles. The Morgan fingerprint density at radius 3 is 2.38 bits per heavy atom. The number of ether oxygens (including phenoxy) is 1. The van der Waals surface area contributed by atoms with E-state index in [0.717, 1.165) is 0 Å². The zero-order chi connectivity index (χ0) is 12.0. The Labute approximate surface area is 100 Å². The highest BCUT2D eigenvalue weighted by molar-refractivity contribution is 6.75. The van der Waals surface area contributed by atoms with Gasteiger partial charge in [-0.3, -0.25) is 0 Å². The fourth-order valence-electron chi connectivity index (χ4n) is 1.69. The largest absolute Gasteiger partial charge is 0.373 e. The van der Waals surface area contributed by atoms with Crippen LogP contribution in [0.2, 0.25) is 19.6 Å². The molecule has 0 bridgehead atoms. The van der Waals surface area contributed by atoms with Gasteiger partial charge in [-0.1, -0.05) is 50.0 Å². The van der Waals surface area contributed by atoms with E-state index in [4.69, 9.17) is 4.74 Å². The Morgan fingerprint density at radius 2 is 1.81 bits per heavy atom. The predicted molar refractivity (Wildman–Crippen MR) is 73.3 cm³/mol. The highest BCUT2D eigenvalue weighted by Crippen LogP contribution is 2.16. The molecule has 0 aliphatic rings. The summed E-state index contributed by atoms with van der Waals surface area (Å²) in [5.74, 6) is 0. The van der Waals surface area contributed by atoms with Crippen LogP contribution in [-0.4, -0.2) is 14.7 Å². The highest BCUT2D eigenvalue weighted by Gasteiger charge is 2.15. The lowest BCUT2D eigenvalue weighted by Crippen LogP contribution is -2.24. The van der Waals surface area contributed by atoms with Crippen LogP contribution in [0, 0.1) is 0 Å². The van der Waals surface area contributed by atoms with Gasteiger partial charge in [0, 0.05) is 8.07 Å². The minimum absolute atomic E-state index is 0.626. The molecule has 0 unspecified atom stereocenters. The standard InChI is InChI=1S/C14H22OSi/c1-5-10-15-11-13-8-6-7-9-14(13)12-16(2,3)4/h5-9H,1,10-12H2,2-4H3. The van der Waals surface area contributed by atoms with Gasteiger partial charge in [0.15, 0.2) is 0 Å². The summed E-state index contributed by atoms with van der Waals surface area (Å²) >= 11 is 0. The van der Waals surface area contributed by atoms with Gasteiger partial charge >= 0.3 is 0 Å². The Kier molecular flexibility index (Phi) is 4.96. The first kappa shape index (κ1) is 13.2. The second kappa shape index (κ2) is 6.02. The topological polar surface area (TPSA) is 9.23 Å². The molecule has 1 aromatic rings. The molecule has 0 aliphatic carbocycles. The maximum Gasteiger partial charge on any atom is 0.0723 e. The van der Waals surface area contributed by atoms with Gasteiger partial charge in [-0.2, -0.15) is 0 Å². The van der Waals surface area contributed by atoms with Crippen molar-refractivity contribution in [1.29, 1.82) is 0 Å². The third-order valence-electron chi connectivity index (χ3n) is 2.33. The molecule has 0 spiro atoms. The van der Waals surface area contributed by atoms with Crippen LogP contribution in [0.1, 0.15) is 11.1 Å². The first-order chi connectivity index (χ1) is 7.53. The van der Waals surface area contributed by atoms with Crippen LogP contribution in [0.25, 0.3) is 0 Å². The Hall–Kier alpha value is -0.863. The number of hydrogen-bond acceptors (Lipinski definition) is 1. The molecule has 0 amide bonds. The van der Waals surface area contributed by atoms with E-state index in [1.54, 1.807) is 6.08 Å². The third kappa shape index (κ3) is 4.77. The van der Waals surface area contributed by atoms with Crippen molar-refractivity contribution in [2.75, 3.05) is 6.61 Å². The fourth-order valence-corrected chi connectivity index (χ4v) is 3.18. The molecule has 1 aromatic carbocycles. The van der Waals surface area contributed by atoms with Crippen molar-refractivity contribution in [3.8, 4) is 0 Å². The smallest absolute Gasteiger partial charge is 0.0723 e. The maximum absolute atomic E-state index is 5.52. The van der Waals surface area contributed by atoms with Crippen LogP contribution in [0.5, 0.6) is 0 Å². The van der Waals surface area contributed by atoms with Crippen molar-refractivity contribution in [2.24, 2.45) is 0 Å². The molecular formula is C14H22OSi. The SMILES string of the molecule is C=CCOCc1ccccc1C[Si](C)(C)C. The fraction of sp³-hybridized carbons (Fsp3) is 0.429. The van der Waals surface area contributed by atoms with Crippen LogP contribution in [0.4, 0.5) is 0 Å². The molecule has 2 heteroatoms. The molecule has 0 radical (unpaired) electrons. The first-order valence-electron chi connectivity index (χ1n) is 5.78. The van der Waals surface area contributed by atoms with E-state index < -0.39 is 8.07 Å². The van der Waals surface area contributed by atoms with Crippen molar-refractivity contribution in [3.63, 3.8) is 0 Å². The summed E-state index contributed by atoms with van der Waals surface area (Å²) in [6.07, 6.45) is 1.79. The lowest BCUT2D eigenvalue weighted by Gasteiger charge is -2.18. The zero-order valence-corrected chi connectivity index (χ0v) is 11.6. The van der Waals surface area contributed by atoms with Gasteiger partial charge in [0.05, 0.1) is 13.2 Å². The lowest BCUT2D eigenvalue weighted by molar-refractivity contribution is 0.148. The van der Waals surface area contributed by atoms with E-state index in [-0.39, 0.29) is 0 Å². The van der Waals surface area contributed by atoms with E-state index in [1.807, 2.05) is 0 Å². The molecular weight excluding hydrogens is 212 g/mol. The maximum atomic E-state index is 5.52. The van der Waals surface area contributed by atoms with Crippen LogP contribution in [0.15, 0.2) is 36.9 Å². The molecule has 16 heavy (non-hydrogen) atoms. The molecule has 0 saturated heterocycles.